The van der Waals surface area contributed by atoms with Crippen molar-refractivity contribution >= 4 is 44.5 Å². The monoisotopic (exact) mass is 339 g/mol. The van der Waals surface area contributed by atoms with E-state index in [0.717, 1.165) is 5.52 Å². The molecule has 3 nitrogen and oxygen atoms in total. The first kappa shape index (κ1) is 12.4. The van der Waals surface area contributed by atoms with Crippen molar-refractivity contribution < 1.29 is 4.39 Å². The summed E-state index contributed by atoms with van der Waals surface area (Å²) in [4.78, 5) is 4.22. The summed E-state index contributed by atoms with van der Waals surface area (Å²) in [6.07, 6.45) is 0. The van der Waals surface area contributed by atoms with Gasteiger partial charge in [0.2, 0.25) is 5.95 Å². The summed E-state index contributed by atoms with van der Waals surface area (Å²) >= 11 is 9.04. The number of hydrogen-bond acceptors (Lipinski definition) is 2. The Morgan fingerprint density at radius 3 is 2.74 bits per heavy atom. The maximum Gasteiger partial charge on any atom is 0.205 e. The molecule has 0 unspecified atom stereocenters. The minimum Gasteiger partial charge on any atom is -0.369 e. The largest absolute Gasteiger partial charge is 0.369 e. The van der Waals surface area contributed by atoms with Crippen LogP contribution in [0.3, 0.4) is 0 Å². The molecule has 0 spiro atoms. The molecule has 0 aliphatic heterocycles. The van der Waals surface area contributed by atoms with E-state index in [9.17, 15) is 4.39 Å². The molecule has 0 bridgehead atoms. The van der Waals surface area contributed by atoms with Crippen LogP contribution in [0.4, 0.5) is 10.3 Å². The van der Waals surface area contributed by atoms with Gasteiger partial charge in [-0.2, -0.15) is 0 Å². The van der Waals surface area contributed by atoms with Gasteiger partial charge in [-0.15, -0.1) is 0 Å². The Morgan fingerprint density at radius 2 is 2.00 bits per heavy atom. The number of imidazole rings is 1. The van der Waals surface area contributed by atoms with Crippen LogP contribution in [0.25, 0.3) is 16.7 Å². The standard InChI is InChI=1S/C13H8BrClFN3/c14-9-3-2-8(6-10(9)16)19-12-4-1-7(15)5-11(12)18-13(19)17/h1-6H,(H2,17,18). The molecule has 96 valence electrons. The number of aromatic nitrogens is 2. The SMILES string of the molecule is Nc1nc2cc(Cl)ccc2n1-c1ccc(Br)c(F)c1. The lowest BCUT2D eigenvalue weighted by atomic mass is 10.2. The lowest BCUT2D eigenvalue weighted by Crippen LogP contribution is -2.01. The highest BCUT2D eigenvalue weighted by Gasteiger charge is 2.11. The molecule has 2 N–H and O–H groups in total. The first-order chi connectivity index (χ1) is 9.06. The zero-order valence-electron chi connectivity index (χ0n) is 9.57. The molecule has 1 aromatic heterocycles. The van der Waals surface area contributed by atoms with Gasteiger partial charge in [-0.3, -0.25) is 4.57 Å². The molecule has 0 saturated carbocycles. The van der Waals surface area contributed by atoms with Crippen molar-refractivity contribution in [3.8, 4) is 5.69 Å². The fourth-order valence-corrected chi connectivity index (χ4v) is 2.38. The molecular weight excluding hydrogens is 333 g/mol. The Kier molecular flexibility index (Phi) is 2.95. The average Bonchev–Trinajstić information content (AvgIpc) is 2.68. The summed E-state index contributed by atoms with van der Waals surface area (Å²) < 4.78 is 15.7. The topological polar surface area (TPSA) is 43.8 Å². The van der Waals surface area contributed by atoms with E-state index in [1.54, 1.807) is 34.9 Å². The third kappa shape index (κ3) is 2.09. The van der Waals surface area contributed by atoms with Gasteiger partial charge in [-0.25, -0.2) is 9.37 Å². The first-order valence-corrected chi connectivity index (χ1v) is 6.62. The lowest BCUT2D eigenvalue weighted by molar-refractivity contribution is 0.620. The van der Waals surface area contributed by atoms with Crippen molar-refractivity contribution in [3.05, 3.63) is 51.7 Å². The van der Waals surface area contributed by atoms with Gasteiger partial charge in [0.1, 0.15) is 5.82 Å². The Hall–Kier alpha value is -1.59. The minimum absolute atomic E-state index is 0.291. The van der Waals surface area contributed by atoms with Gasteiger partial charge in [0.05, 0.1) is 21.2 Å². The van der Waals surface area contributed by atoms with E-state index in [4.69, 9.17) is 17.3 Å². The molecular formula is C13H8BrClFN3. The zero-order chi connectivity index (χ0) is 13.6. The smallest absolute Gasteiger partial charge is 0.205 e. The second kappa shape index (κ2) is 4.51. The molecule has 3 aromatic rings. The van der Waals surface area contributed by atoms with Crippen LogP contribution in [-0.4, -0.2) is 9.55 Å². The number of rotatable bonds is 1. The van der Waals surface area contributed by atoms with Crippen LogP contribution >= 0.6 is 27.5 Å². The van der Waals surface area contributed by atoms with Crippen molar-refractivity contribution in [2.45, 2.75) is 0 Å². The fourth-order valence-electron chi connectivity index (χ4n) is 1.97. The van der Waals surface area contributed by atoms with Gasteiger partial charge in [0.15, 0.2) is 0 Å². The molecule has 0 aliphatic carbocycles. The average molecular weight is 341 g/mol. The minimum atomic E-state index is -0.354. The Morgan fingerprint density at radius 1 is 1.21 bits per heavy atom. The van der Waals surface area contributed by atoms with Gasteiger partial charge in [-0.05, 0) is 52.3 Å². The number of hydrogen-bond donors (Lipinski definition) is 1. The Bertz CT molecular complexity index is 785. The summed E-state index contributed by atoms with van der Waals surface area (Å²) in [6.45, 7) is 0. The van der Waals surface area contributed by atoms with Crippen molar-refractivity contribution in [1.82, 2.24) is 9.55 Å². The highest BCUT2D eigenvalue weighted by atomic mass is 79.9. The van der Waals surface area contributed by atoms with Crippen molar-refractivity contribution in [3.63, 3.8) is 0 Å². The third-order valence-corrected chi connectivity index (χ3v) is 3.68. The van der Waals surface area contributed by atoms with Crippen molar-refractivity contribution in [1.29, 1.82) is 0 Å². The summed E-state index contributed by atoms with van der Waals surface area (Å²) in [7, 11) is 0. The summed E-state index contributed by atoms with van der Waals surface area (Å²) in [5.74, 6) is -0.0632. The quantitative estimate of drug-likeness (QED) is 0.723. The predicted molar refractivity (Wildman–Crippen MR) is 78.2 cm³/mol. The normalized spacial score (nSPS) is 11.1. The molecule has 19 heavy (non-hydrogen) atoms. The van der Waals surface area contributed by atoms with Gasteiger partial charge < -0.3 is 5.73 Å². The molecule has 0 atom stereocenters. The highest BCUT2D eigenvalue weighted by Crippen LogP contribution is 2.27. The van der Waals surface area contributed by atoms with E-state index in [1.807, 2.05) is 0 Å². The predicted octanol–water partition coefficient (Wildman–Crippen LogP) is 4.16. The van der Waals surface area contributed by atoms with Crippen LogP contribution < -0.4 is 5.73 Å². The molecule has 0 amide bonds. The number of fused-ring (bicyclic) bond motifs is 1. The van der Waals surface area contributed by atoms with Gasteiger partial charge in [0.25, 0.3) is 0 Å². The highest BCUT2D eigenvalue weighted by molar-refractivity contribution is 9.10. The van der Waals surface area contributed by atoms with Gasteiger partial charge in [-0.1, -0.05) is 11.6 Å². The van der Waals surface area contributed by atoms with E-state index in [1.165, 1.54) is 6.07 Å². The molecule has 0 radical (unpaired) electrons. The van der Waals surface area contributed by atoms with Crippen LogP contribution in [0.1, 0.15) is 0 Å². The van der Waals surface area contributed by atoms with Crippen LogP contribution in [0, 0.1) is 5.82 Å². The van der Waals surface area contributed by atoms with Crippen molar-refractivity contribution in [2.24, 2.45) is 0 Å². The molecule has 3 rings (SSSR count). The van der Waals surface area contributed by atoms with Crippen LogP contribution in [-0.2, 0) is 0 Å². The summed E-state index contributed by atoms with van der Waals surface area (Å²) in [6, 6.07) is 10.1. The van der Waals surface area contributed by atoms with Crippen LogP contribution in [0.15, 0.2) is 40.9 Å². The Labute approximate surface area is 121 Å². The molecule has 1 heterocycles. The molecule has 0 aliphatic rings. The van der Waals surface area contributed by atoms with E-state index < -0.39 is 0 Å². The van der Waals surface area contributed by atoms with E-state index in [2.05, 4.69) is 20.9 Å². The number of nitrogen functional groups attached to an aromatic ring is 1. The van der Waals surface area contributed by atoms with Gasteiger partial charge in [0, 0.05) is 5.02 Å². The second-order valence-corrected chi connectivity index (χ2v) is 5.33. The fraction of sp³-hybridized carbons (Fsp3) is 0. The lowest BCUT2D eigenvalue weighted by Gasteiger charge is -2.07. The van der Waals surface area contributed by atoms with E-state index in [0.29, 0.717) is 26.6 Å². The van der Waals surface area contributed by atoms with Crippen molar-refractivity contribution in [2.75, 3.05) is 5.73 Å². The van der Waals surface area contributed by atoms with E-state index >= 15 is 0 Å². The first-order valence-electron chi connectivity index (χ1n) is 5.45. The van der Waals surface area contributed by atoms with Gasteiger partial charge >= 0.3 is 0 Å². The van der Waals surface area contributed by atoms with E-state index in [-0.39, 0.29) is 5.82 Å². The Balaban J connectivity index is 2.29. The van der Waals surface area contributed by atoms with Crippen LogP contribution in [0.5, 0.6) is 0 Å². The summed E-state index contributed by atoms with van der Waals surface area (Å²) in [5.41, 5.74) is 7.97. The summed E-state index contributed by atoms with van der Waals surface area (Å²) in [5, 5.41) is 0.583. The molecule has 0 fully saturated rings. The number of nitrogens with zero attached hydrogens (tertiary/aromatic N) is 2. The third-order valence-electron chi connectivity index (χ3n) is 2.80. The molecule has 2 aromatic carbocycles. The maximum atomic E-state index is 13.6. The molecule has 0 saturated heterocycles. The number of halogens is 3. The molecule has 6 heteroatoms. The number of nitrogens with two attached hydrogens (primary N) is 1. The maximum absolute atomic E-state index is 13.6. The number of benzene rings is 2. The second-order valence-electron chi connectivity index (χ2n) is 4.04. The van der Waals surface area contributed by atoms with Crippen LogP contribution in [0.2, 0.25) is 5.02 Å². The zero-order valence-corrected chi connectivity index (χ0v) is 11.9. The number of anilines is 1.